The molecule has 0 radical (unpaired) electrons. The molecule has 0 spiro atoms. The third-order valence-corrected chi connectivity index (χ3v) is 6.88. The molecule has 0 atom stereocenters. The minimum absolute atomic E-state index is 0.0249. The fourth-order valence-electron chi connectivity index (χ4n) is 3.87. The van der Waals surface area contributed by atoms with E-state index >= 15 is 0 Å². The van der Waals surface area contributed by atoms with Crippen LogP contribution in [0.4, 0.5) is 10.9 Å². The predicted octanol–water partition coefficient (Wildman–Crippen LogP) is 3.37. The summed E-state index contributed by atoms with van der Waals surface area (Å²) in [6, 6.07) is 9.55. The first-order chi connectivity index (χ1) is 16.1. The Balaban J connectivity index is 1.35. The van der Waals surface area contributed by atoms with Crippen LogP contribution in [0.25, 0.3) is 21.5 Å². The molecule has 1 aliphatic heterocycles. The summed E-state index contributed by atoms with van der Waals surface area (Å²) in [4.78, 5) is 36.6. The highest BCUT2D eigenvalue weighted by atomic mass is 32.1. The zero-order valence-corrected chi connectivity index (χ0v) is 19.5. The molecule has 5 rings (SSSR count). The normalized spacial score (nSPS) is 14.5. The molecule has 0 aromatic carbocycles. The fourth-order valence-corrected chi connectivity index (χ4v) is 4.61. The number of pyridine rings is 3. The SMILES string of the molecule is CNc1ncc(-c2ccc3cnc(CC(=O)c4ccnc(N5CCN(C)CC5)c4)cc3n2)s1. The van der Waals surface area contributed by atoms with Crippen molar-refractivity contribution in [2.24, 2.45) is 0 Å². The highest BCUT2D eigenvalue weighted by Crippen LogP contribution is 2.28. The van der Waals surface area contributed by atoms with Gasteiger partial charge in [-0.1, -0.05) is 11.3 Å². The Labute approximate surface area is 196 Å². The highest BCUT2D eigenvalue weighted by Gasteiger charge is 2.17. The van der Waals surface area contributed by atoms with Gasteiger partial charge in [-0.15, -0.1) is 0 Å². The largest absolute Gasteiger partial charge is 0.365 e. The van der Waals surface area contributed by atoms with E-state index in [1.54, 1.807) is 29.8 Å². The van der Waals surface area contributed by atoms with E-state index in [9.17, 15) is 4.79 Å². The number of aromatic nitrogens is 4. The van der Waals surface area contributed by atoms with Crippen LogP contribution in [0.2, 0.25) is 0 Å². The van der Waals surface area contributed by atoms with Crippen LogP contribution in [0.5, 0.6) is 0 Å². The monoisotopic (exact) mass is 459 g/mol. The lowest BCUT2D eigenvalue weighted by molar-refractivity contribution is 0.0992. The molecule has 9 heteroatoms. The van der Waals surface area contributed by atoms with E-state index in [0.717, 1.165) is 58.6 Å². The van der Waals surface area contributed by atoms with Crippen LogP contribution in [0, 0.1) is 0 Å². The van der Waals surface area contributed by atoms with Crippen molar-refractivity contribution < 1.29 is 4.79 Å². The zero-order chi connectivity index (χ0) is 22.8. The topological polar surface area (TPSA) is 87.1 Å². The average Bonchev–Trinajstić information content (AvgIpc) is 3.34. The quantitative estimate of drug-likeness (QED) is 0.439. The number of nitrogens with zero attached hydrogens (tertiary/aromatic N) is 6. The number of thiazole rings is 1. The summed E-state index contributed by atoms with van der Waals surface area (Å²) in [5.41, 5.74) is 3.04. The Hall–Kier alpha value is -3.43. The molecule has 33 heavy (non-hydrogen) atoms. The summed E-state index contributed by atoms with van der Waals surface area (Å²) in [6.07, 6.45) is 5.54. The van der Waals surface area contributed by atoms with Crippen molar-refractivity contribution in [1.82, 2.24) is 24.8 Å². The van der Waals surface area contributed by atoms with E-state index in [4.69, 9.17) is 4.98 Å². The first-order valence-electron chi connectivity index (χ1n) is 10.9. The fraction of sp³-hybridized carbons (Fsp3) is 0.292. The van der Waals surface area contributed by atoms with Crippen molar-refractivity contribution in [3.63, 3.8) is 0 Å². The van der Waals surface area contributed by atoms with Crippen LogP contribution >= 0.6 is 11.3 Å². The average molecular weight is 460 g/mol. The Morgan fingerprint density at radius 1 is 1.06 bits per heavy atom. The first kappa shape index (κ1) is 21.4. The smallest absolute Gasteiger partial charge is 0.182 e. The lowest BCUT2D eigenvalue weighted by Crippen LogP contribution is -2.44. The molecule has 0 unspecified atom stereocenters. The minimum atomic E-state index is 0.0249. The maximum Gasteiger partial charge on any atom is 0.182 e. The number of likely N-dealkylation sites (N-methyl/N-ethyl adjacent to an activating group) is 1. The maximum atomic E-state index is 13.0. The molecule has 0 amide bonds. The number of rotatable bonds is 6. The number of piperazine rings is 1. The standard InChI is InChI=1S/C24H25N7OS/c1-25-24-28-15-22(33-24)19-4-3-17-14-27-18(12-20(17)29-19)13-21(32)16-5-6-26-23(11-16)31-9-7-30(2)8-10-31/h3-6,11-12,14-15H,7-10,13H2,1-2H3,(H,25,28). The second kappa shape index (κ2) is 9.21. The van der Waals surface area contributed by atoms with Crippen molar-refractivity contribution in [1.29, 1.82) is 0 Å². The summed E-state index contributed by atoms with van der Waals surface area (Å²) < 4.78 is 0. The maximum absolute atomic E-state index is 13.0. The number of nitrogens with one attached hydrogen (secondary N) is 1. The summed E-state index contributed by atoms with van der Waals surface area (Å²) in [6.45, 7) is 3.81. The third-order valence-electron chi connectivity index (χ3n) is 5.84. The van der Waals surface area contributed by atoms with Gasteiger partial charge in [-0.05, 0) is 37.4 Å². The van der Waals surface area contributed by atoms with Gasteiger partial charge >= 0.3 is 0 Å². The second-order valence-corrected chi connectivity index (χ2v) is 9.17. The van der Waals surface area contributed by atoms with Gasteiger partial charge in [0.25, 0.3) is 0 Å². The molecule has 0 saturated carbocycles. The van der Waals surface area contributed by atoms with Crippen molar-refractivity contribution in [3.05, 3.63) is 60.2 Å². The molecule has 168 valence electrons. The Morgan fingerprint density at radius 3 is 2.70 bits per heavy atom. The number of anilines is 2. The molecule has 8 nitrogen and oxygen atoms in total. The van der Waals surface area contributed by atoms with Gasteiger partial charge < -0.3 is 15.1 Å². The van der Waals surface area contributed by atoms with E-state index in [1.807, 2.05) is 37.5 Å². The van der Waals surface area contributed by atoms with Gasteiger partial charge in [0.2, 0.25) is 0 Å². The molecule has 0 bridgehead atoms. The lowest BCUT2D eigenvalue weighted by atomic mass is 10.1. The van der Waals surface area contributed by atoms with Crippen molar-refractivity contribution in [2.45, 2.75) is 6.42 Å². The van der Waals surface area contributed by atoms with E-state index in [0.29, 0.717) is 11.3 Å². The molecule has 1 fully saturated rings. The third kappa shape index (κ3) is 4.69. The van der Waals surface area contributed by atoms with Gasteiger partial charge in [-0.2, -0.15) is 0 Å². The van der Waals surface area contributed by atoms with Crippen molar-refractivity contribution in [2.75, 3.05) is 50.5 Å². The van der Waals surface area contributed by atoms with Crippen LogP contribution < -0.4 is 10.2 Å². The van der Waals surface area contributed by atoms with Crippen molar-refractivity contribution >= 4 is 39.0 Å². The summed E-state index contributed by atoms with van der Waals surface area (Å²) in [5, 5.41) is 4.84. The Morgan fingerprint density at radius 2 is 1.91 bits per heavy atom. The molecule has 1 aliphatic rings. The summed E-state index contributed by atoms with van der Waals surface area (Å²) in [7, 11) is 3.97. The van der Waals surface area contributed by atoms with Gasteiger partial charge in [0.05, 0.1) is 28.2 Å². The molecule has 4 aromatic rings. The van der Waals surface area contributed by atoms with E-state index in [-0.39, 0.29) is 12.2 Å². The first-order valence-corrected chi connectivity index (χ1v) is 11.7. The number of hydrogen-bond acceptors (Lipinski definition) is 9. The molecule has 0 aliphatic carbocycles. The number of carbonyl (C=O) groups excluding carboxylic acids is 1. The van der Waals surface area contributed by atoms with Crippen LogP contribution in [-0.4, -0.2) is 70.9 Å². The molecule has 1 saturated heterocycles. The van der Waals surface area contributed by atoms with E-state index < -0.39 is 0 Å². The Bertz CT molecular complexity index is 1300. The van der Waals surface area contributed by atoms with Crippen LogP contribution in [0.1, 0.15) is 16.1 Å². The van der Waals surface area contributed by atoms with E-state index in [2.05, 4.69) is 37.1 Å². The number of fused-ring (bicyclic) bond motifs is 1. The molecule has 5 heterocycles. The zero-order valence-electron chi connectivity index (χ0n) is 18.7. The molecular weight excluding hydrogens is 434 g/mol. The molecular formula is C24H25N7OS. The van der Waals surface area contributed by atoms with Crippen LogP contribution in [0.3, 0.4) is 0 Å². The lowest BCUT2D eigenvalue weighted by Gasteiger charge is -2.33. The van der Waals surface area contributed by atoms with Gasteiger partial charge in [-0.3, -0.25) is 9.78 Å². The number of carbonyl (C=O) groups is 1. The molecule has 1 N–H and O–H groups in total. The second-order valence-electron chi connectivity index (χ2n) is 8.14. The van der Waals surface area contributed by atoms with Crippen molar-refractivity contribution in [3.8, 4) is 10.6 Å². The number of hydrogen-bond donors (Lipinski definition) is 1. The number of Topliss-reactive ketones (excluding diaryl/α,β-unsaturated/α-hetero) is 1. The Kier molecular flexibility index (Phi) is 5.97. The minimum Gasteiger partial charge on any atom is -0.365 e. The summed E-state index contributed by atoms with van der Waals surface area (Å²) in [5.74, 6) is 0.883. The van der Waals surface area contributed by atoms with Gasteiger partial charge in [0, 0.05) is 62.8 Å². The van der Waals surface area contributed by atoms with Crippen LogP contribution in [-0.2, 0) is 6.42 Å². The van der Waals surface area contributed by atoms with Gasteiger partial charge in [-0.25, -0.2) is 15.0 Å². The van der Waals surface area contributed by atoms with Gasteiger partial charge in [0.1, 0.15) is 5.82 Å². The van der Waals surface area contributed by atoms with Gasteiger partial charge in [0.15, 0.2) is 10.9 Å². The summed E-state index contributed by atoms with van der Waals surface area (Å²) >= 11 is 1.55. The van der Waals surface area contributed by atoms with E-state index in [1.165, 1.54) is 0 Å². The van der Waals surface area contributed by atoms with Crippen LogP contribution in [0.15, 0.2) is 48.9 Å². The molecule has 4 aromatic heterocycles. The number of ketones is 1. The predicted molar refractivity (Wildman–Crippen MR) is 132 cm³/mol. The highest BCUT2D eigenvalue weighted by molar-refractivity contribution is 7.18.